The van der Waals surface area contributed by atoms with Gasteiger partial charge in [-0.1, -0.05) is 0 Å². The molecule has 0 aromatic heterocycles. The summed E-state index contributed by atoms with van der Waals surface area (Å²) >= 11 is 0. The van der Waals surface area contributed by atoms with Gasteiger partial charge in [-0.3, -0.25) is 9.59 Å². The number of amides is 2. The molecule has 1 atom stereocenters. The largest absolute Gasteiger partial charge is 0.396 e. The third-order valence-corrected chi connectivity index (χ3v) is 3.73. The first-order valence-corrected chi connectivity index (χ1v) is 7.01. The zero-order chi connectivity index (χ0) is 13.7. The summed E-state index contributed by atoms with van der Waals surface area (Å²) in [5, 5.41) is 8.78. The highest BCUT2D eigenvalue weighted by molar-refractivity contribution is 5.88. The van der Waals surface area contributed by atoms with E-state index >= 15 is 0 Å². The lowest BCUT2D eigenvalue weighted by Gasteiger charge is -2.32. The minimum atomic E-state index is -0.302. The van der Waals surface area contributed by atoms with Crippen LogP contribution in [0.3, 0.4) is 0 Å². The predicted octanol–water partition coefficient (Wildman–Crippen LogP) is -0.391. The van der Waals surface area contributed by atoms with Crippen molar-refractivity contribution >= 4 is 11.8 Å². The predicted molar refractivity (Wildman–Crippen MR) is 68.5 cm³/mol. The summed E-state index contributed by atoms with van der Waals surface area (Å²) in [5.74, 6) is 0.0382. The maximum absolute atomic E-state index is 12.4. The van der Waals surface area contributed by atoms with Crippen molar-refractivity contribution in [1.29, 1.82) is 0 Å². The number of aliphatic hydroxyl groups excluding tert-OH is 1. The van der Waals surface area contributed by atoms with Crippen molar-refractivity contribution in [3.8, 4) is 0 Å². The molecule has 2 aliphatic heterocycles. The normalized spacial score (nSPS) is 23.7. The molecule has 1 unspecified atom stereocenters. The molecule has 2 fully saturated rings. The molecular formula is C13H22N2O4. The molecule has 6 heteroatoms. The van der Waals surface area contributed by atoms with Crippen molar-refractivity contribution in [2.45, 2.75) is 31.7 Å². The fourth-order valence-corrected chi connectivity index (χ4v) is 2.69. The first-order valence-electron chi connectivity index (χ1n) is 7.01. The highest BCUT2D eigenvalue weighted by atomic mass is 16.5. The van der Waals surface area contributed by atoms with Crippen LogP contribution in [-0.4, -0.2) is 72.2 Å². The van der Waals surface area contributed by atoms with E-state index < -0.39 is 0 Å². The zero-order valence-electron chi connectivity index (χ0n) is 11.2. The van der Waals surface area contributed by atoms with Crippen LogP contribution in [0, 0.1) is 0 Å². The Morgan fingerprint density at radius 2 is 1.95 bits per heavy atom. The van der Waals surface area contributed by atoms with E-state index in [1.807, 2.05) is 0 Å². The Labute approximate surface area is 113 Å². The van der Waals surface area contributed by atoms with Crippen LogP contribution in [-0.2, 0) is 14.3 Å². The van der Waals surface area contributed by atoms with Crippen molar-refractivity contribution in [3.05, 3.63) is 0 Å². The minimum absolute atomic E-state index is 0.0155. The Morgan fingerprint density at radius 1 is 1.21 bits per heavy atom. The highest BCUT2D eigenvalue weighted by Gasteiger charge is 2.36. The second-order valence-corrected chi connectivity index (χ2v) is 5.01. The van der Waals surface area contributed by atoms with Gasteiger partial charge >= 0.3 is 0 Å². The molecule has 108 valence electrons. The zero-order valence-corrected chi connectivity index (χ0v) is 11.2. The lowest BCUT2D eigenvalue weighted by atomic mass is 10.1. The Kier molecular flexibility index (Phi) is 5.15. The Bertz CT molecular complexity index is 329. The van der Waals surface area contributed by atoms with Gasteiger partial charge in [0.1, 0.15) is 6.04 Å². The van der Waals surface area contributed by atoms with Gasteiger partial charge in [0.15, 0.2) is 0 Å². The van der Waals surface area contributed by atoms with Crippen LogP contribution in [0.15, 0.2) is 0 Å². The molecule has 0 radical (unpaired) electrons. The second-order valence-electron chi connectivity index (χ2n) is 5.01. The van der Waals surface area contributed by atoms with Crippen LogP contribution in [0.2, 0.25) is 0 Å². The third-order valence-electron chi connectivity index (χ3n) is 3.73. The van der Waals surface area contributed by atoms with Crippen LogP contribution in [0.1, 0.15) is 25.7 Å². The molecule has 0 aromatic carbocycles. The van der Waals surface area contributed by atoms with E-state index in [2.05, 4.69) is 0 Å². The fourth-order valence-electron chi connectivity index (χ4n) is 2.69. The van der Waals surface area contributed by atoms with E-state index in [-0.39, 0.29) is 24.5 Å². The van der Waals surface area contributed by atoms with Crippen molar-refractivity contribution in [3.63, 3.8) is 0 Å². The van der Waals surface area contributed by atoms with Crippen molar-refractivity contribution in [1.82, 2.24) is 9.80 Å². The number of morpholine rings is 1. The van der Waals surface area contributed by atoms with Crippen molar-refractivity contribution in [2.75, 3.05) is 39.5 Å². The second kappa shape index (κ2) is 6.86. The summed E-state index contributed by atoms with van der Waals surface area (Å²) in [6, 6.07) is -0.302. The molecule has 2 heterocycles. The van der Waals surface area contributed by atoms with Gasteiger partial charge in [0.05, 0.1) is 13.2 Å². The van der Waals surface area contributed by atoms with Crippen molar-refractivity contribution in [2.24, 2.45) is 0 Å². The number of carbonyl (C=O) groups excluding carboxylic acids is 2. The summed E-state index contributed by atoms with van der Waals surface area (Å²) in [5.41, 5.74) is 0. The van der Waals surface area contributed by atoms with Crippen molar-refractivity contribution < 1.29 is 19.4 Å². The standard InChI is InChI=1S/C13H22N2O4/c16-8-2-4-12(17)15-5-1-3-11(15)13(18)14-6-9-19-10-7-14/h11,16H,1-10H2. The number of hydrogen-bond donors (Lipinski definition) is 1. The number of nitrogens with zero attached hydrogens (tertiary/aromatic N) is 2. The SMILES string of the molecule is O=C(C1CCCN1C(=O)CCCO)N1CCOCC1. The first-order chi connectivity index (χ1) is 9.24. The number of likely N-dealkylation sites (tertiary alicyclic amines) is 1. The van der Waals surface area contributed by atoms with Crippen LogP contribution in [0.5, 0.6) is 0 Å². The molecule has 0 aliphatic carbocycles. The average Bonchev–Trinajstić information content (AvgIpc) is 2.94. The number of aliphatic hydroxyl groups is 1. The Balaban J connectivity index is 1.93. The number of ether oxygens (including phenoxy) is 1. The molecule has 6 nitrogen and oxygen atoms in total. The van der Waals surface area contributed by atoms with E-state index in [4.69, 9.17) is 9.84 Å². The highest BCUT2D eigenvalue weighted by Crippen LogP contribution is 2.21. The first kappa shape index (κ1) is 14.3. The van der Waals surface area contributed by atoms with E-state index in [1.165, 1.54) is 0 Å². The van der Waals surface area contributed by atoms with Crippen LogP contribution < -0.4 is 0 Å². The van der Waals surface area contributed by atoms with E-state index in [9.17, 15) is 9.59 Å². The summed E-state index contributed by atoms with van der Waals surface area (Å²) in [4.78, 5) is 27.9. The molecule has 2 saturated heterocycles. The van der Waals surface area contributed by atoms with Gasteiger partial charge in [0.2, 0.25) is 11.8 Å². The van der Waals surface area contributed by atoms with Gasteiger partial charge in [-0.15, -0.1) is 0 Å². The summed E-state index contributed by atoms with van der Waals surface area (Å²) < 4.78 is 5.24. The molecule has 0 saturated carbocycles. The summed E-state index contributed by atoms with van der Waals surface area (Å²) in [6.45, 7) is 3.07. The van der Waals surface area contributed by atoms with Gasteiger partial charge in [-0.2, -0.15) is 0 Å². The Morgan fingerprint density at radius 3 is 2.63 bits per heavy atom. The van der Waals surface area contributed by atoms with Gasteiger partial charge in [-0.25, -0.2) is 0 Å². The fraction of sp³-hybridized carbons (Fsp3) is 0.846. The topological polar surface area (TPSA) is 70.1 Å². The number of hydrogen-bond acceptors (Lipinski definition) is 4. The molecular weight excluding hydrogens is 248 g/mol. The average molecular weight is 270 g/mol. The molecule has 0 aromatic rings. The van der Waals surface area contributed by atoms with Gasteiger partial charge in [-0.05, 0) is 19.3 Å². The quantitative estimate of drug-likeness (QED) is 0.755. The number of carbonyl (C=O) groups is 2. The molecule has 0 bridgehead atoms. The molecule has 2 rings (SSSR count). The molecule has 2 aliphatic rings. The summed E-state index contributed by atoms with van der Waals surface area (Å²) in [7, 11) is 0. The van der Waals surface area contributed by atoms with E-state index in [1.54, 1.807) is 9.80 Å². The van der Waals surface area contributed by atoms with Gasteiger partial charge < -0.3 is 19.6 Å². The lowest BCUT2D eigenvalue weighted by Crippen LogP contribution is -2.51. The third kappa shape index (κ3) is 3.45. The van der Waals surface area contributed by atoms with Crippen LogP contribution >= 0.6 is 0 Å². The van der Waals surface area contributed by atoms with Gasteiger partial charge in [0.25, 0.3) is 0 Å². The van der Waals surface area contributed by atoms with Crippen LogP contribution in [0.4, 0.5) is 0 Å². The smallest absolute Gasteiger partial charge is 0.245 e. The molecule has 0 spiro atoms. The maximum Gasteiger partial charge on any atom is 0.245 e. The van der Waals surface area contributed by atoms with E-state index in [0.717, 1.165) is 12.8 Å². The Hall–Kier alpha value is -1.14. The molecule has 1 N–H and O–H groups in total. The monoisotopic (exact) mass is 270 g/mol. The molecule has 19 heavy (non-hydrogen) atoms. The number of rotatable bonds is 4. The van der Waals surface area contributed by atoms with Gasteiger partial charge in [0, 0.05) is 32.7 Å². The lowest BCUT2D eigenvalue weighted by molar-refractivity contribution is -0.146. The minimum Gasteiger partial charge on any atom is -0.396 e. The molecule has 2 amide bonds. The van der Waals surface area contributed by atoms with Crippen LogP contribution in [0.25, 0.3) is 0 Å². The van der Waals surface area contributed by atoms with E-state index in [0.29, 0.717) is 45.7 Å². The maximum atomic E-state index is 12.4. The summed E-state index contributed by atoms with van der Waals surface area (Å²) in [6.07, 6.45) is 2.42.